The molecule has 3 N–H and O–H groups in total. The van der Waals surface area contributed by atoms with Crippen LogP contribution >= 0.6 is 11.3 Å². The molecule has 1 fully saturated rings. The third-order valence-corrected chi connectivity index (χ3v) is 3.98. The van der Waals surface area contributed by atoms with E-state index in [-0.39, 0.29) is 6.04 Å². The molecule has 3 nitrogen and oxygen atoms in total. The molecule has 2 rings (SSSR count). The quantitative estimate of drug-likeness (QED) is 0.826. The zero-order valence-corrected chi connectivity index (χ0v) is 10.0. The zero-order valence-electron chi connectivity index (χ0n) is 9.20. The molecule has 0 radical (unpaired) electrons. The van der Waals surface area contributed by atoms with Crippen LogP contribution in [0.5, 0.6) is 0 Å². The second kappa shape index (κ2) is 5.05. The number of hydrogen-bond acceptors (Lipinski definition) is 4. The van der Waals surface area contributed by atoms with Gasteiger partial charge in [0.15, 0.2) is 0 Å². The maximum Gasteiger partial charge on any atom is 0.109 e. The minimum Gasteiger partial charge on any atom is -0.322 e. The van der Waals surface area contributed by atoms with Crippen molar-refractivity contribution in [2.24, 2.45) is 5.73 Å². The molecule has 1 aromatic rings. The van der Waals surface area contributed by atoms with E-state index in [1.165, 1.54) is 25.7 Å². The lowest BCUT2D eigenvalue weighted by Gasteiger charge is -2.09. The van der Waals surface area contributed by atoms with E-state index >= 15 is 0 Å². The van der Waals surface area contributed by atoms with Gasteiger partial charge in [0.05, 0.1) is 11.7 Å². The van der Waals surface area contributed by atoms with E-state index < -0.39 is 0 Å². The second-order valence-corrected chi connectivity index (χ2v) is 5.22. The van der Waals surface area contributed by atoms with E-state index in [1.807, 2.05) is 6.92 Å². The molecule has 0 bridgehead atoms. The standard InChI is InChI=1S/C11H19N3S/c1-8(12)11-14-10(7-15-11)6-13-9-4-2-3-5-9/h7-9,13H,2-6,12H2,1H3. The molecule has 4 heteroatoms. The summed E-state index contributed by atoms with van der Waals surface area (Å²) in [4.78, 5) is 4.50. The first-order valence-corrected chi connectivity index (χ1v) is 6.57. The lowest BCUT2D eigenvalue weighted by atomic mass is 10.2. The molecule has 0 aliphatic heterocycles. The number of nitrogens with one attached hydrogen (secondary N) is 1. The maximum absolute atomic E-state index is 5.77. The number of thiazole rings is 1. The fraction of sp³-hybridized carbons (Fsp3) is 0.727. The van der Waals surface area contributed by atoms with Crippen molar-refractivity contribution in [3.8, 4) is 0 Å². The Morgan fingerprint density at radius 1 is 1.60 bits per heavy atom. The zero-order chi connectivity index (χ0) is 10.7. The minimum atomic E-state index is 0.0650. The van der Waals surface area contributed by atoms with Crippen LogP contribution in [0.25, 0.3) is 0 Å². The van der Waals surface area contributed by atoms with E-state index in [4.69, 9.17) is 5.73 Å². The van der Waals surface area contributed by atoms with Crippen molar-refractivity contribution in [3.63, 3.8) is 0 Å². The summed E-state index contributed by atoms with van der Waals surface area (Å²) in [5, 5.41) is 6.71. The van der Waals surface area contributed by atoms with Crippen molar-refractivity contribution in [2.75, 3.05) is 0 Å². The average Bonchev–Trinajstić information content (AvgIpc) is 2.86. The fourth-order valence-electron chi connectivity index (χ4n) is 1.99. The van der Waals surface area contributed by atoms with Crippen LogP contribution in [0.15, 0.2) is 5.38 Å². The van der Waals surface area contributed by atoms with Crippen LogP contribution in [-0.4, -0.2) is 11.0 Å². The molecule has 0 aromatic carbocycles. The molecule has 1 heterocycles. The van der Waals surface area contributed by atoms with Gasteiger partial charge in [0.25, 0.3) is 0 Å². The summed E-state index contributed by atoms with van der Waals surface area (Å²) in [7, 11) is 0. The first-order valence-electron chi connectivity index (χ1n) is 5.69. The van der Waals surface area contributed by atoms with Crippen LogP contribution < -0.4 is 11.1 Å². The molecule has 15 heavy (non-hydrogen) atoms. The Balaban J connectivity index is 1.82. The Hall–Kier alpha value is -0.450. The normalized spacial score (nSPS) is 19.6. The molecule has 0 amide bonds. The van der Waals surface area contributed by atoms with E-state index in [0.29, 0.717) is 6.04 Å². The maximum atomic E-state index is 5.77. The van der Waals surface area contributed by atoms with E-state index in [9.17, 15) is 0 Å². The van der Waals surface area contributed by atoms with Gasteiger partial charge >= 0.3 is 0 Å². The number of nitrogens with two attached hydrogens (primary N) is 1. The Morgan fingerprint density at radius 3 is 2.93 bits per heavy atom. The van der Waals surface area contributed by atoms with Gasteiger partial charge in [-0.25, -0.2) is 4.98 Å². The van der Waals surface area contributed by atoms with Crippen molar-refractivity contribution in [1.82, 2.24) is 10.3 Å². The molecule has 1 saturated carbocycles. The van der Waals surface area contributed by atoms with Gasteiger partial charge in [-0.05, 0) is 19.8 Å². The van der Waals surface area contributed by atoms with Crippen LogP contribution in [-0.2, 0) is 6.54 Å². The van der Waals surface area contributed by atoms with Crippen LogP contribution in [0.1, 0.15) is 49.4 Å². The van der Waals surface area contributed by atoms with Gasteiger partial charge in [0.2, 0.25) is 0 Å². The largest absolute Gasteiger partial charge is 0.322 e. The van der Waals surface area contributed by atoms with Gasteiger partial charge in [-0.1, -0.05) is 12.8 Å². The van der Waals surface area contributed by atoms with Crippen LogP contribution in [0, 0.1) is 0 Å². The van der Waals surface area contributed by atoms with Crippen molar-refractivity contribution < 1.29 is 0 Å². The summed E-state index contributed by atoms with van der Waals surface area (Å²) in [6, 6.07) is 0.778. The van der Waals surface area contributed by atoms with E-state index in [1.54, 1.807) is 11.3 Å². The van der Waals surface area contributed by atoms with E-state index in [0.717, 1.165) is 17.2 Å². The Labute approximate surface area is 95.1 Å². The van der Waals surface area contributed by atoms with Crippen LogP contribution in [0.2, 0.25) is 0 Å². The van der Waals surface area contributed by atoms with Gasteiger partial charge in [0, 0.05) is 18.0 Å². The first-order chi connectivity index (χ1) is 7.25. The topological polar surface area (TPSA) is 50.9 Å². The van der Waals surface area contributed by atoms with Crippen LogP contribution in [0.3, 0.4) is 0 Å². The predicted molar refractivity (Wildman–Crippen MR) is 63.8 cm³/mol. The highest BCUT2D eigenvalue weighted by molar-refractivity contribution is 7.09. The molecule has 1 aliphatic carbocycles. The van der Waals surface area contributed by atoms with Crippen LogP contribution in [0.4, 0.5) is 0 Å². The summed E-state index contributed by atoms with van der Waals surface area (Å²) >= 11 is 1.66. The second-order valence-electron chi connectivity index (χ2n) is 4.33. The smallest absolute Gasteiger partial charge is 0.109 e. The molecule has 0 spiro atoms. The molecule has 1 unspecified atom stereocenters. The molecular weight excluding hydrogens is 206 g/mol. The third kappa shape index (κ3) is 3.00. The monoisotopic (exact) mass is 225 g/mol. The highest BCUT2D eigenvalue weighted by atomic mass is 32.1. The van der Waals surface area contributed by atoms with Crippen molar-refractivity contribution >= 4 is 11.3 Å². The Morgan fingerprint density at radius 2 is 2.33 bits per heavy atom. The number of aromatic nitrogens is 1. The SMILES string of the molecule is CC(N)c1nc(CNC2CCCC2)cs1. The lowest BCUT2D eigenvalue weighted by molar-refractivity contribution is 0.519. The molecule has 84 valence electrons. The highest BCUT2D eigenvalue weighted by Gasteiger charge is 2.14. The lowest BCUT2D eigenvalue weighted by Crippen LogP contribution is -2.25. The summed E-state index contributed by atoms with van der Waals surface area (Å²) in [5.74, 6) is 0. The summed E-state index contributed by atoms with van der Waals surface area (Å²) in [6.07, 6.45) is 5.40. The summed E-state index contributed by atoms with van der Waals surface area (Å²) in [6.45, 7) is 2.88. The van der Waals surface area contributed by atoms with Gasteiger partial charge < -0.3 is 11.1 Å². The average molecular weight is 225 g/mol. The first kappa shape index (κ1) is 11.0. The Bertz CT molecular complexity index is 303. The molecule has 1 aromatic heterocycles. The van der Waals surface area contributed by atoms with Gasteiger partial charge in [-0.15, -0.1) is 11.3 Å². The van der Waals surface area contributed by atoms with Crippen molar-refractivity contribution in [1.29, 1.82) is 0 Å². The minimum absolute atomic E-state index is 0.0650. The molecule has 0 saturated heterocycles. The fourth-order valence-corrected chi connectivity index (χ4v) is 2.77. The number of nitrogens with zero attached hydrogens (tertiary/aromatic N) is 1. The van der Waals surface area contributed by atoms with Crippen molar-refractivity contribution in [3.05, 3.63) is 16.1 Å². The molecule has 1 aliphatic rings. The van der Waals surface area contributed by atoms with Crippen molar-refractivity contribution in [2.45, 2.75) is 51.2 Å². The number of rotatable bonds is 4. The predicted octanol–water partition coefficient (Wildman–Crippen LogP) is 2.20. The Kier molecular flexibility index (Phi) is 3.72. The summed E-state index contributed by atoms with van der Waals surface area (Å²) < 4.78 is 0. The van der Waals surface area contributed by atoms with Gasteiger partial charge in [-0.2, -0.15) is 0 Å². The number of hydrogen-bond donors (Lipinski definition) is 2. The molecular formula is C11H19N3S. The third-order valence-electron chi connectivity index (χ3n) is 2.89. The van der Waals surface area contributed by atoms with Gasteiger partial charge in [-0.3, -0.25) is 0 Å². The summed E-state index contributed by atoms with van der Waals surface area (Å²) in [5.41, 5.74) is 6.91. The van der Waals surface area contributed by atoms with E-state index in [2.05, 4.69) is 15.7 Å². The molecule has 1 atom stereocenters. The van der Waals surface area contributed by atoms with Gasteiger partial charge in [0.1, 0.15) is 5.01 Å². The highest BCUT2D eigenvalue weighted by Crippen LogP contribution is 2.19.